The third-order valence-corrected chi connectivity index (χ3v) is 2.92. The first-order valence-corrected chi connectivity index (χ1v) is 5.77. The number of primary amides is 1. The molecule has 3 nitrogen and oxygen atoms in total. The molecule has 2 aromatic carbocycles. The number of hydrogen-bond donors (Lipinski definition) is 1. The molecule has 2 N–H and O–H groups in total. The molecule has 4 heteroatoms. The van der Waals surface area contributed by atoms with Crippen molar-refractivity contribution in [1.82, 2.24) is 0 Å². The number of halogens is 1. The van der Waals surface area contributed by atoms with Crippen LogP contribution in [-0.4, -0.2) is 13.0 Å². The predicted octanol–water partition coefficient (Wildman–Crippen LogP) is 2.91. The maximum Gasteiger partial charge on any atom is 0.252 e. The fourth-order valence-electron chi connectivity index (χ4n) is 2.04. The van der Waals surface area contributed by atoms with E-state index in [0.717, 1.165) is 16.7 Å². The monoisotopic (exact) mass is 259 g/mol. The van der Waals surface area contributed by atoms with Crippen LogP contribution in [0.5, 0.6) is 5.75 Å². The molecule has 0 atom stereocenters. The molecule has 0 unspecified atom stereocenters. The van der Waals surface area contributed by atoms with Crippen molar-refractivity contribution in [3.05, 3.63) is 53.3 Å². The molecule has 19 heavy (non-hydrogen) atoms. The highest BCUT2D eigenvalue weighted by Crippen LogP contribution is 2.30. The van der Waals surface area contributed by atoms with Crippen molar-refractivity contribution in [1.29, 1.82) is 0 Å². The summed E-state index contributed by atoms with van der Waals surface area (Å²) in [5, 5.41) is 0. The fourth-order valence-corrected chi connectivity index (χ4v) is 2.04. The number of amides is 1. The topological polar surface area (TPSA) is 52.3 Å². The Balaban J connectivity index is 2.59. The van der Waals surface area contributed by atoms with Crippen LogP contribution in [0, 0.1) is 12.7 Å². The third-order valence-electron chi connectivity index (χ3n) is 2.92. The van der Waals surface area contributed by atoms with Gasteiger partial charge < -0.3 is 10.5 Å². The van der Waals surface area contributed by atoms with Crippen molar-refractivity contribution < 1.29 is 13.9 Å². The maximum atomic E-state index is 12.9. The van der Waals surface area contributed by atoms with Crippen LogP contribution in [0.4, 0.5) is 4.39 Å². The summed E-state index contributed by atoms with van der Waals surface area (Å²) < 4.78 is 18.1. The van der Waals surface area contributed by atoms with Gasteiger partial charge in [-0.15, -0.1) is 0 Å². The lowest BCUT2D eigenvalue weighted by atomic mass is 9.99. The third kappa shape index (κ3) is 2.57. The maximum absolute atomic E-state index is 12.9. The van der Waals surface area contributed by atoms with Crippen LogP contribution in [-0.2, 0) is 0 Å². The Hall–Kier alpha value is -2.36. The molecule has 0 bridgehead atoms. The van der Waals surface area contributed by atoms with Gasteiger partial charge in [0.25, 0.3) is 5.91 Å². The molecule has 2 aromatic rings. The van der Waals surface area contributed by atoms with Crippen LogP contribution < -0.4 is 10.5 Å². The average Bonchev–Trinajstić information content (AvgIpc) is 2.38. The van der Waals surface area contributed by atoms with Crippen LogP contribution in [0.25, 0.3) is 11.1 Å². The van der Waals surface area contributed by atoms with E-state index in [1.54, 1.807) is 18.2 Å². The van der Waals surface area contributed by atoms with E-state index in [2.05, 4.69) is 0 Å². The largest absolute Gasteiger partial charge is 0.496 e. The van der Waals surface area contributed by atoms with E-state index in [4.69, 9.17) is 10.5 Å². The zero-order valence-corrected chi connectivity index (χ0v) is 10.7. The number of hydrogen-bond acceptors (Lipinski definition) is 2. The predicted molar refractivity (Wildman–Crippen MR) is 71.6 cm³/mol. The Morgan fingerprint density at radius 3 is 2.32 bits per heavy atom. The number of carbonyl (C=O) groups is 1. The number of benzene rings is 2. The smallest absolute Gasteiger partial charge is 0.252 e. The van der Waals surface area contributed by atoms with Crippen LogP contribution in [0.3, 0.4) is 0 Å². The highest BCUT2D eigenvalue weighted by atomic mass is 19.1. The van der Waals surface area contributed by atoms with Gasteiger partial charge in [-0.2, -0.15) is 0 Å². The van der Waals surface area contributed by atoms with Crippen molar-refractivity contribution >= 4 is 5.91 Å². The first-order valence-electron chi connectivity index (χ1n) is 5.77. The van der Waals surface area contributed by atoms with Crippen molar-refractivity contribution in [2.75, 3.05) is 7.11 Å². The molecule has 0 saturated carbocycles. The Bertz CT molecular complexity index is 621. The van der Waals surface area contributed by atoms with E-state index < -0.39 is 5.91 Å². The summed E-state index contributed by atoms with van der Waals surface area (Å²) in [6, 6.07) is 9.58. The Labute approximate surface area is 110 Å². The van der Waals surface area contributed by atoms with Crippen molar-refractivity contribution in [3.8, 4) is 16.9 Å². The number of nitrogens with two attached hydrogens (primary N) is 1. The molecular formula is C15H14FNO2. The van der Waals surface area contributed by atoms with Gasteiger partial charge in [-0.3, -0.25) is 4.79 Å². The number of aryl methyl sites for hydroxylation is 1. The Morgan fingerprint density at radius 2 is 1.79 bits per heavy atom. The SMILES string of the molecule is COc1c(C)cc(-c2ccc(F)cc2)cc1C(N)=O. The molecule has 0 heterocycles. The van der Waals surface area contributed by atoms with Crippen molar-refractivity contribution in [3.63, 3.8) is 0 Å². The lowest BCUT2D eigenvalue weighted by molar-refractivity contribution is 0.0997. The van der Waals surface area contributed by atoms with Gasteiger partial charge in [0.05, 0.1) is 12.7 Å². The first-order chi connectivity index (χ1) is 9.02. The fraction of sp³-hybridized carbons (Fsp3) is 0.133. The second-order valence-electron chi connectivity index (χ2n) is 4.25. The summed E-state index contributed by atoms with van der Waals surface area (Å²) in [5.41, 5.74) is 8.09. The summed E-state index contributed by atoms with van der Waals surface area (Å²) in [5.74, 6) is -0.383. The van der Waals surface area contributed by atoms with E-state index >= 15 is 0 Å². The van der Waals surface area contributed by atoms with Gasteiger partial charge >= 0.3 is 0 Å². The van der Waals surface area contributed by atoms with E-state index in [-0.39, 0.29) is 5.82 Å². The summed E-state index contributed by atoms with van der Waals surface area (Å²) in [4.78, 5) is 11.5. The van der Waals surface area contributed by atoms with Crippen LogP contribution >= 0.6 is 0 Å². The van der Waals surface area contributed by atoms with Gasteiger partial charge in [0.15, 0.2) is 0 Å². The second kappa shape index (κ2) is 5.10. The first kappa shape index (κ1) is 13.1. The standard InChI is InChI=1S/C15H14FNO2/c1-9-7-11(10-3-5-12(16)6-4-10)8-13(15(17)18)14(9)19-2/h3-8H,1-2H3,(H2,17,18). The van der Waals surface area contributed by atoms with E-state index in [0.29, 0.717) is 11.3 Å². The Kier molecular flexibility index (Phi) is 3.51. The normalized spacial score (nSPS) is 10.3. The number of ether oxygens (including phenoxy) is 1. The van der Waals surface area contributed by atoms with Gasteiger partial charge in [0.1, 0.15) is 11.6 Å². The lowest BCUT2D eigenvalue weighted by Crippen LogP contribution is -2.13. The minimum Gasteiger partial charge on any atom is -0.496 e. The summed E-state index contributed by atoms with van der Waals surface area (Å²) in [6.07, 6.45) is 0. The lowest BCUT2D eigenvalue weighted by Gasteiger charge is -2.12. The molecule has 0 aliphatic heterocycles. The van der Waals surface area contributed by atoms with Gasteiger partial charge in [0.2, 0.25) is 0 Å². The minimum atomic E-state index is -0.552. The molecule has 2 rings (SSSR count). The van der Waals surface area contributed by atoms with E-state index in [9.17, 15) is 9.18 Å². The van der Waals surface area contributed by atoms with E-state index in [1.165, 1.54) is 19.2 Å². The Morgan fingerprint density at radius 1 is 1.16 bits per heavy atom. The second-order valence-corrected chi connectivity index (χ2v) is 4.25. The zero-order valence-electron chi connectivity index (χ0n) is 10.7. The summed E-state index contributed by atoms with van der Waals surface area (Å²) in [6.45, 7) is 1.83. The molecule has 1 amide bonds. The van der Waals surface area contributed by atoms with Gasteiger partial charge in [0, 0.05) is 0 Å². The summed E-state index contributed by atoms with van der Waals surface area (Å²) >= 11 is 0. The molecule has 0 aliphatic carbocycles. The van der Waals surface area contributed by atoms with Crippen LogP contribution in [0.15, 0.2) is 36.4 Å². The molecule has 0 radical (unpaired) electrons. The van der Waals surface area contributed by atoms with Crippen LogP contribution in [0.1, 0.15) is 15.9 Å². The molecule has 98 valence electrons. The summed E-state index contributed by atoms with van der Waals surface area (Å²) in [7, 11) is 1.49. The van der Waals surface area contributed by atoms with Gasteiger partial charge in [-0.1, -0.05) is 12.1 Å². The highest BCUT2D eigenvalue weighted by Gasteiger charge is 2.14. The number of carbonyl (C=O) groups excluding carboxylic acids is 1. The molecular weight excluding hydrogens is 245 g/mol. The number of rotatable bonds is 3. The van der Waals surface area contributed by atoms with Gasteiger partial charge in [-0.25, -0.2) is 4.39 Å². The minimum absolute atomic E-state index is 0.302. The molecule has 0 aromatic heterocycles. The molecule has 0 saturated heterocycles. The van der Waals surface area contributed by atoms with Crippen molar-refractivity contribution in [2.45, 2.75) is 6.92 Å². The van der Waals surface area contributed by atoms with Crippen LogP contribution in [0.2, 0.25) is 0 Å². The molecule has 0 aliphatic rings. The molecule has 0 fully saturated rings. The molecule has 0 spiro atoms. The van der Waals surface area contributed by atoms with E-state index in [1.807, 2.05) is 13.0 Å². The number of methoxy groups -OCH3 is 1. The highest BCUT2D eigenvalue weighted by molar-refractivity contribution is 5.97. The van der Waals surface area contributed by atoms with Crippen molar-refractivity contribution in [2.24, 2.45) is 5.73 Å². The quantitative estimate of drug-likeness (QED) is 0.921. The zero-order chi connectivity index (χ0) is 14.0. The average molecular weight is 259 g/mol. The van der Waals surface area contributed by atoms with Gasteiger partial charge in [-0.05, 0) is 47.9 Å².